The Morgan fingerprint density at radius 3 is 2.67 bits per heavy atom. The molecule has 1 saturated heterocycles. The number of aliphatic hydroxyl groups excluding tert-OH is 1. The van der Waals surface area contributed by atoms with Crippen LogP contribution in [0.25, 0.3) is 0 Å². The lowest BCUT2D eigenvalue weighted by Gasteiger charge is -2.26. The minimum absolute atomic E-state index is 0.136. The van der Waals surface area contributed by atoms with Crippen molar-refractivity contribution in [1.29, 1.82) is 0 Å². The van der Waals surface area contributed by atoms with Crippen molar-refractivity contribution >= 4 is 10.0 Å². The van der Waals surface area contributed by atoms with Crippen molar-refractivity contribution < 1.29 is 13.5 Å². The summed E-state index contributed by atoms with van der Waals surface area (Å²) in [6, 6.07) is 6.80. The molecule has 21 heavy (non-hydrogen) atoms. The van der Waals surface area contributed by atoms with Crippen molar-refractivity contribution in [1.82, 2.24) is 9.62 Å². The smallest absolute Gasteiger partial charge is 0.240 e. The van der Waals surface area contributed by atoms with Gasteiger partial charge in [0.2, 0.25) is 10.0 Å². The standard InChI is InChI=1S/C15H24N2O3S/c1-12-5-7-15(8-6-12)21(19,20)16-13(2)10-17-9-3-4-14(17)11-18/h5-8,13-14,16,18H,3-4,9-11H2,1-2H3/t13-,14+/m1/s1. The Morgan fingerprint density at radius 2 is 2.05 bits per heavy atom. The van der Waals surface area contributed by atoms with Gasteiger partial charge in [0.1, 0.15) is 0 Å². The molecule has 2 atom stereocenters. The number of nitrogens with zero attached hydrogens (tertiary/aromatic N) is 1. The molecule has 118 valence electrons. The first kappa shape index (κ1) is 16.4. The molecule has 0 spiro atoms. The van der Waals surface area contributed by atoms with Crippen LogP contribution in [0.15, 0.2) is 29.2 Å². The first-order valence-electron chi connectivity index (χ1n) is 7.36. The average molecular weight is 312 g/mol. The first-order chi connectivity index (χ1) is 9.92. The normalized spacial score (nSPS) is 21.6. The van der Waals surface area contributed by atoms with Gasteiger partial charge in [-0.05, 0) is 45.4 Å². The van der Waals surface area contributed by atoms with Crippen LogP contribution in [-0.2, 0) is 10.0 Å². The van der Waals surface area contributed by atoms with Crippen LogP contribution in [0.1, 0.15) is 25.3 Å². The predicted octanol–water partition coefficient (Wildman–Crippen LogP) is 1.12. The molecule has 0 bridgehead atoms. The average Bonchev–Trinajstić information content (AvgIpc) is 2.85. The number of rotatable bonds is 6. The van der Waals surface area contributed by atoms with Gasteiger partial charge in [0.15, 0.2) is 0 Å². The number of aryl methyl sites for hydroxylation is 1. The molecular weight excluding hydrogens is 288 g/mol. The lowest BCUT2D eigenvalue weighted by atomic mass is 10.2. The highest BCUT2D eigenvalue weighted by molar-refractivity contribution is 7.89. The Labute approximate surface area is 127 Å². The number of hydrogen-bond acceptors (Lipinski definition) is 4. The maximum absolute atomic E-state index is 12.3. The van der Waals surface area contributed by atoms with Crippen LogP contribution >= 0.6 is 0 Å². The van der Waals surface area contributed by atoms with Crippen LogP contribution in [0.2, 0.25) is 0 Å². The van der Waals surface area contributed by atoms with E-state index in [1.165, 1.54) is 0 Å². The number of nitrogens with one attached hydrogen (secondary N) is 1. The molecule has 2 N–H and O–H groups in total. The summed E-state index contributed by atoms with van der Waals surface area (Å²) in [5, 5.41) is 9.31. The van der Waals surface area contributed by atoms with E-state index in [-0.39, 0.29) is 18.7 Å². The van der Waals surface area contributed by atoms with E-state index in [1.54, 1.807) is 24.3 Å². The molecule has 0 amide bonds. The van der Waals surface area contributed by atoms with Gasteiger partial charge in [-0.1, -0.05) is 17.7 Å². The maximum Gasteiger partial charge on any atom is 0.240 e. The number of benzene rings is 1. The van der Waals surface area contributed by atoms with E-state index in [0.29, 0.717) is 11.4 Å². The molecule has 6 heteroatoms. The van der Waals surface area contributed by atoms with Gasteiger partial charge >= 0.3 is 0 Å². The van der Waals surface area contributed by atoms with Crippen LogP contribution in [-0.4, -0.2) is 50.2 Å². The Hall–Kier alpha value is -0.950. The maximum atomic E-state index is 12.3. The second-order valence-corrected chi connectivity index (χ2v) is 7.52. The molecule has 5 nitrogen and oxygen atoms in total. The minimum atomic E-state index is -3.48. The first-order valence-corrected chi connectivity index (χ1v) is 8.84. The largest absolute Gasteiger partial charge is 0.395 e. The summed E-state index contributed by atoms with van der Waals surface area (Å²) in [4.78, 5) is 2.45. The van der Waals surface area contributed by atoms with E-state index < -0.39 is 10.0 Å². The lowest BCUT2D eigenvalue weighted by molar-refractivity contribution is 0.153. The van der Waals surface area contributed by atoms with Gasteiger partial charge < -0.3 is 5.11 Å². The number of sulfonamides is 1. The van der Waals surface area contributed by atoms with Crippen LogP contribution in [0, 0.1) is 6.92 Å². The molecule has 1 aliphatic rings. The van der Waals surface area contributed by atoms with Crippen LogP contribution in [0.3, 0.4) is 0 Å². The summed E-state index contributed by atoms with van der Waals surface area (Å²) in [6.07, 6.45) is 2.04. The van der Waals surface area contributed by atoms with Gasteiger partial charge in [-0.3, -0.25) is 4.90 Å². The summed E-state index contributed by atoms with van der Waals surface area (Å²) < 4.78 is 27.3. The topological polar surface area (TPSA) is 69.6 Å². The zero-order chi connectivity index (χ0) is 15.5. The van der Waals surface area contributed by atoms with Crippen molar-refractivity contribution in [3.8, 4) is 0 Å². The fourth-order valence-corrected chi connectivity index (χ4v) is 4.02. The highest BCUT2D eigenvalue weighted by atomic mass is 32.2. The molecule has 1 aliphatic heterocycles. The highest BCUT2D eigenvalue weighted by Crippen LogP contribution is 2.17. The summed E-state index contributed by atoms with van der Waals surface area (Å²) in [5.41, 5.74) is 1.03. The summed E-state index contributed by atoms with van der Waals surface area (Å²) in [6.45, 7) is 5.46. The van der Waals surface area contributed by atoms with Crippen molar-refractivity contribution in [2.45, 2.75) is 43.7 Å². The zero-order valence-corrected chi connectivity index (χ0v) is 13.4. The van der Waals surface area contributed by atoms with Gasteiger partial charge in [-0.25, -0.2) is 13.1 Å². The number of hydrogen-bond donors (Lipinski definition) is 2. The van der Waals surface area contributed by atoms with E-state index in [9.17, 15) is 13.5 Å². The molecule has 0 unspecified atom stereocenters. The quantitative estimate of drug-likeness (QED) is 0.826. The molecule has 0 radical (unpaired) electrons. The summed E-state index contributed by atoms with van der Waals surface area (Å²) >= 11 is 0. The van der Waals surface area contributed by atoms with Crippen LogP contribution < -0.4 is 4.72 Å². The van der Waals surface area contributed by atoms with Gasteiger partial charge in [0.05, 0.1) is 11.5 Å². The second kappa shape index (κ2) is 6.87. The lowest BCUT2D eigenvalue weighted by Crippen LogP contribution is -2.44. The molecule has 1 aromatic carbocycles. The van der Waals surface area contributed by atoms with Crippen molar-refractivity contribution in [3.05, 3.63) is 29.8 Å². The van der Waals surface area contributed by atoms with Crippen molar-refractivity contribution in [2.24, 2.45) is 0 Å². The highest BCUT2D eigenvalue weighted by Gasteiger charge is 2.26. The number of likely N-dealkylation sites (tertiary alicyclic amines) is 1. The monoisotopic (exact) mass is 312 g/mol. The number of aliphatic hydroxyl groups is 1. The van der Waals surface area contributed by atoms with E-state index in [4.69, 9.17) is 0 Å². The van der Waals surface area contributed by atoms with Crippen LogP contribution in [0.5, 0.6) is 0 Å². The van der Waals surface area contributed by atoms with E-state index in [2.05, 4.69) is 9.62 Å². The molecule has 1 fully saturated rings. The fraction of sp³-hybridized carbons (Fsp3) is 0.600. The molecule has 2 rings (SSSR count). The predicted molar refractivity (Wildman–Crippen MR) is 82.6 cm³/mol. The fourth-order valence-electron chi connectivity index (χ4n) is 2.78. The molecule has 1 heterocycles. The summed E-state index contributed by atoms with van der Waals surface area (Å²) in [7, 11) is -3.48. The third kappa shape index (κ3) is 4.26. The van der Waals surface area contributed by atoms with Crippen LogP contribution in [0.4, 0.5) is 0 Å². The zero-order valence-electron chi connectivity index (χ0n) is 12.6. The molecule has 0 aromatic heterocycles. The van der Waals surface area contributed by atoms with Gasteiger partial charge in [0.25, 0.3) is 0 Å². The Morgan fingerprint density at radius 1 is 1.38 bits per heavy atom. The molecular formula is C15H24N2O3S. The Bertz CT molecular complexity index is 557. The molecule has 0 saturated carbocycles. The van der Waals surface area contributed by atoms with Gasteiger partial charge in [-0.15, -0.1) is 0 Å². The Kier molecular flexibility index (Phi) is 5.37. The van der Waals surface area contributed by atoms with Gasteiger partial charge in [0, 0.05) is 18.6 Å². The van der Waals surface area contributed by atoms with Gasteiger partial charge in [-0.2, -0.15) is 0 Å². The van der Waals surface area contributed by atoms with Crippen molar-refractivity contribution in [3.63, 3.8) is 0 Å². The molecule has 0 aliphatic carbocycles. The van der Waals surface area contributed by atoms with Crippen molar-refractivity contribution in [2.75, 3.05) is 19.7 Å². The molecule has 1 aromatic rings. The van der Waals surface area contributed by atoms with E-state index in [0.717, 1.165) is 24.9 Å². The minimum Gasteiger partial charge on any atom is -0.395 e. The van der Waals surface area contributed by atoms with E-state index in [1.807, 2.05) is 13.8 Å². The third-order valence-corrected chi connectivity index (χ3v) is 5.51. The summed E-state index contributed by atoms with van der Waals surface area (Å²) in [5.74, 6) is 0. The van der Waals surface area contributed by atoms with E-state index >= 15 is 0 Å². The Balaban J connectivity index is 1.98. The SMILES string of the molecule is Cc1ccc(S(=O)(=O)N[C@H](C)CN2CCC[C@H]2CO)cc1. The second-order valence-electron chi connectivity index (χ2n) is 5.81. The third-order valence-electron chi connectivity index (χ3n) is 3.91.